The van der Waals surface area contributed by atoms with Crippen LogP contribution < -0.4 is 10.6 Å². The Kier molecular flexibility index (Phi) is 5.23. The highest BCUT2D eigenvalue weighted by atomic mass is 32.1. The van der Waals surface area contributed by atoms with E-state index in [1.807, 2.05) is 42.5 Å². The number of amides is 1. The first kappa shape index (κ1) is 16.2. The molecule has 3 aromatic rings. The number of hydrogen-bond acceptors (Lipinski definition) is 4. The summed E-state index contributed by atoms with van der Waals surface area (Å²) in [7, 11) is 0. The molecule has 0 bridgehead atoms. The number of nitrogens with zero attached hydrogens (tertiary/aromatic N) is 1. The quantitative estimate of drug-likeness (QED) is 0.700. The summed E-state index contributed by atoms with van der Waals surface area (Å²) in [5.41, 5.74) is 4.18. The molecule has 24 heavy (non-hydrogen) atoms. The normalized spacial score (nSPS) is 10.4. The van der Waals surface area contributed by atoms with E-state index in [0.717, 1.165) is 35.0 Å². The van der Waals surface area contributed by atoms with Gasteiger partial charge in [0.2, 0.25) is 5.91 Å². The van der Waals surface area contributed by atoms with Crippen molar-refractivity contribution < 1.29 is 4.79 Å². The third-order valence-electron chi connectivity index (χ3n) is 3.54. The molecule has 4 nitrogen and oxygen atoms in total. The lowest BCUT2D eigenvalue weighted by atomic mass is 10.1. The van der Waals surface area contributed by atoms with E-state index in [1.54, 1.807) is 11.3 Å². The number of anilines is 2. The molecule has 0 aliphatic carbocycles. The predicted octanol–water partition coefficient (Wildman–Crippen LogP) is 4.42. The van der Waals surface area contributed by atoms with Gasteiger partial charge >= 0.3 is 0 Å². The summed E-state index contributed by atoms with van der Waals surface area (Å²) >= 11 is 1.62. The molecule has 1 aromatic heterocycles. The van der Waals surface area contributed by atoms with Gasteiger partial charge in [-0.3, -0.25) is 4.79 Å². The Morgan fingerprint density at radius 3 is 2.54 bits per heavy atom. The SMILES string of the molecule is CC(=O)Nc1ccc(CCNc2nc(-c3ccccc3)cs2)cc1. The molecule has 0 aliphatic rings. The van der Waals surface area contributed by atoms with Crippen molar-refractivity contribution in [3.05, 3.63) is 65.5 Å². The van der Waals surface area contributed by atoms with Crippen LogP contribution in [0.15, 0.2) is 60.0 Å². The van der Waals surface area contributed by atoms with E-state index in [0.29, 0.717) is 0 Å². The predicted molar refractivity (Wildman–Crippen MR) is 100 cm³/mol. The lowest BCUT2D eigenvalue weighted by Gasteiger charge is -2.05. The molecule has 0 spiro atoms. The molecule has 1 heterocycles. The minimum absolute atomic E-state index is 0.0533. The molecule has 2 aromatic carbocycles. The van der Waals surface area contributed by atoms with E-state index in [4.69, 9.17) is 0 Å². The number of nitrogens with one attached hydrogen (secondary N) is 2. The van der Waals surface area contributed by atoms with Crippen molar-refractivity contribution in [1.29, 1.82) is 0 Å². The smallest absolute Gasteiger partial charge is 0.221 e. The maximum absolute atomic E-state index is 11.0. The number of aromatic nitrogens is 1. The van der Waals surface area contributed by atoms with Crippen LogP contribution in [0.25, 0.3) is 11.3 Å². The molecule has 0 saturated carbocycles. The van der Waals surface area contributed by atoms with E-state index >= 15 is 0 Å². The molecule has 3 rings (SSSR count). The zero-order valence-electron chi connectivity index (χ0n) is 13.5. The Bertz CT molecular complexity index is 797. The first-order valence-electron chi connectivity index (χ1n) is 7.82. The lowest BCUT2D eigenvalue weighted by Crippen LogP contribution is -2.06. The van der Waals surface area contributed by atoms with Gasteiger partial charge in [0.05, 0.1) is 5.69 Å². The summed E-state index contributed by atoms with van der Waals surface area (Å²) in [6, 6.07) is 18.1. The van der Waals surface area contributed by atoms with Crippen LogP contribution in [-0.4, -0.2) is 17.4 Å². The van der Waals surface area contributed by atoms with Crippen LogP contribution in [0.4, 0.5) is 10.8 Å². The summed E-state index contributed by atoms with van der Waals surface area (Å²) < 4.78 is 0. The van der Waals surface area contributed by atoms with E-state index in [9.17, 15) is 4.79 Å². The molecular formula is C19H19N3OS. The Morgan fingerprint density at radius 1 is 1.08 bits per heavy atom. The monoisotopic (exact) mass is 337 g/mol. The maximum atomic E-state index is 11.0. The molecule has 0 unspecified atom stereocenters. The Morgan fingerprint density at radius 2 is 1.83 bits per heavy atom. The summed E-state index contributed by atoms with van der Waals surface area (Å²) in [6.45, 7) is 2.33. The Labute approximate surface area is 145 Å². The van der Waals surface area contributed by atoms with Gasteiger partial charge in [0, 0.05) is 30.1 Å². The van der Waals surface area contributed by atoms with Gasteiger partial charge in [-0.25, -0.2) is 4.98 Å². The number of hydrogen-bond donors (Lipinski definition) is 2. The van der Waals surface area contributed by atoms with Gasteiger partial charge in [0.1, 0.15) is 0 Å². The van der Waals surface area contributed by atoms with Crippen LogP contribution in [0.1, 0.15) is 12.5 Å². The summed E-state index contributed by atoms with van der Waals surface area (Å²) in [6.07, 6.45) is 0.903. The van der Waals surface area contributed by atoms with E-state index in [-0.39, 0.29) is 5.91 Å². The second kappa shape index (κ2) is 7.75. The molecular weight excluding hydrogens is 318 g/mol. The van der Waals surface area contributed by atoms with Crippen LogP contribution >= 0.6 is 11.3 Å². The molecule has 122 valence electrons. The zero-order chi connectivity index (χ0) is 16.8. The van der Waals surface area contributed by atoms with E-state index in [2.05, 4.69) is 33.1 Å². The highest BCUT2D eigenvalue weighted by Crippen LogP contribution is 2.24. The summed E-state index contributed by atoms with van der Waals surface area (Å²) in [5.74, 6) is -0.0533. The topological polar surface area (TPSA) is 54.0 Å². The maximum Gasteiger partial charge on any atom is 0.221 e. The zero-order valence-corrected chi connectivity index (χ0v) is 14.3. The van der Waals surface area contributed by atoms with E-state index in [1.165, 1.54) is 12.5 Å². The van der Waals surface area contributed by atoms with E-state index < -0.39 is 0 Å². The molecule has 0 saturated heterocycles. The van der Waals surface area contributed by atoms with Crippen LogP contribution in [0.3, 0.4) is 0 Å². The largest absolute Gasteiger partial charge is 0.361 e. The second-order valence-electron chi connectivity index (χ2n) is 5.46. The van der Waals surface area contributed by atoms with Crippen molar-refractivity contribution in [1.82, 2.24) is 4.98 Å². The fourth-order valence-corrected chi connectivity index (χ4v) is 3.12. The van der Waals surface area contributed by atoms with Crippen molar-refractivity contribution in [2.45, 2.75) is 13.3 Å². The minimum Gasteiger partial charge on any atom is -0.361 e. The average Bonchev–Trinajstić information content (AvgIpc) is 3.06. The fraction of sp³-hybridized carbons (Fsp3) is 0.158. The van der Waals surface area contributed by atoms with Gasteiger partial charge in [-0.05, 0) is 24.1 Å². The van der Waals surface area contributed by atoms with Crippen LogP contribution in [0, 0.1) is 0 Å². The lowest BCUT2D eigenvalue weighted by molar-refractivity contribution is -0.114. The second-order valence-corrected chi connectivity index (χ2v) is 6.32. The van der Waals surface area contributed by atoms with Crippen molar-refractivity contribution in [3.8, 4) is 11.3 Å². The standard InChI is InChI=1S/C19H19N3OS/c1-14(23)21-17-9-7-15(8-10-17)11-12-20-19-22-18(13-24-19)16-5-3-2-4-6-16/h2-10,13H,11-12H2,1H3,(H,20,22)(H,21,23). The van der Waals surface area contributed by atoms with Gasteiger partial charge in [0.15, 0.2) is 5.13 Å². The van der Waals surface area contributed by atoms with Gasteiger partial charge in [-0.15, -0.1) is 11.3 Å². The molecule has 0 aliphatic heterocycles. The number of rotatable bonds is 6. The van der Waals surface area contributed by atoms with Gasteiger partial charge in [0.25, 0.3) is 0 Å². The van der Waals surface area contributed by atoms with Crippen molar-refractivity contribution in [2.24, 2.45) is 0 Å². The van der Waals surface area contributed by atoms with Crippen molar-refractivity contribution in [3.63, 3.8) is 0 Å². The van der Waals surface area contributed by atoms with Crippen molar-refractivity contribution in [2.75, 3.05) is 17.2 Å². The molecule has 2 N–H and O–H groups in total. The summed E-state index contributed by atoms with van der Waals surface area (Å²) in [5, 5.41) is 9.14. The fourth-order valence-electron chi connectivity index (χ4n) is 2.37. The van der Waals surface area contributed by atoms with Crippen LogP contribution in [-0.2, 0) is 11.2 Å². The average molecular weight is 337 g/mol. The molecule has 0 radical (unpaired) electrons. The van der Waals surface area contributed by atoms with Crippen molar-refractivity contribution >= 4 is 28.1 Å². The third-order valence-corrected chi connectivity index (χ3v) is 4.34. The van der Waals surface area contributed by atoms with Gasteiger partial charge < -0.3 is 10.6 Å². The first-order valence-corrected chi connectivity index (χ1v) is 8.70. The molecule has 0 atom stereocenters. The number of thiazole rings is 1. The first-order chi connectivity index (χ1) is 11.7. The third kappa shape index (κ3) is 4.43. The summed E-state index contributed by atoms with van der Waals surface area (Å²) in [4.78, 5) is 15.6. The minimum atomic E-state index is -0.0533. The highest BCUT2D eigenvalue weighted by Gasteiger charge is 2.03. The number of carbonyl (C=O) groups excluding carboxylic acids is 1. The van der Waals surface area contributed by atoms with Gasteiger partial charge in [-0.1, -0.05) is 42.5 Å². The number of carbonyl (C=O) groups is 1. The van der Waals surface area contributed by atoms with Crippen LogP contribution in [0.2, 0.25) is 0 Å². The van der Waals surface area contributed by atoms with Crippen LogP contribution in [0.5, 0.6) is 0 Å². The van der Waals surface area contributed by atoms with Gasteiger partial charge in [-0.2, -0.15) is 0 Å². The molecule has 5 heteroatoms. The Balaban J connectivity index is 1.52. The highest BCUT2D eigenvalue weighted by molar-refractivity contribution is 7.14. The number of benzene rings is 2. The molecule has 1 amide bonds. The molecule has 0 fully saturated rings. The Hall–Kier alpha value is -2.66.